The maximum absolute atomic E-state index is 13.0. The van der Waals surface area contributed by atoms with Crippen molar-refractivity contribution in [3.05, 3.63) is 70.3 Å². The Hall–Kier alpha value is -2.35. The Morgan fingerprint density at radius 2 is 2.00 bits per heavy atom. The van der Waals surface area contributed by atoms with Crippen LogP contribution in [0.3, 0.4) is 0 Å². The summed E-state index contributed by atoms with van der Waals surface area (Å²) in [6.07, 6.45) is 11.2. The smallest absolute Gasteiger partial charge is 0.254 e. The number of anilines is 1. The first kappa shape index (κ1) is 26.9. The molecule has 5 atom stereocenters. The van der Waals surface area contributed by atoms with Gasteiger partial charge in [0.25, 0.3) is 5.91 Å². The van der Waals surface area contributed by atoms with Crippen LogP contribution in [0.5, 0.6) is 5.75 Å². The number of hydrogen-bond donors (Lipinski definition) is 0. The van der Waals surface area contributed by atoms with E-state index in [0.717, 1.165) is 68.1 Å². The van der Waals surface area contributed by atoms with Crippen LogP contribution in [0.1, 0.15) is 65.9 Å². The predicted octanol–water partition coefficient (Wildman–Crippen LogP) is 6.71. The largest absolute Gasteiger partial charge is 0.488 e. The highest BCUT2D eigenvalue weighted by Crippen LogP contribution is 2.45. The van der Waals surface area contributed by atoms with E-state index in [-0.39, 0.29) is 18.1 Å². The molecule has 39 heavy (non-hydrogen) atoms. The first-order valence-corrected chi connectivity index (χ1v) is 15.8. The average molecular weight is 568 g/mol. The molecule has 2 bridgehead atoms. The van der Waals surface area contributed by atoms with Gasteiger partial charge in [-0.1, -0.05) is 42.0 Å². The molecule has 1 saturated carbocycles. The molecule has 1 fully saturated rings. The molecule has 0 radical (unpaired) electrons. The summed E-state index contributed by atoms with van der Waals surface area (Å²) < 4.78 is 29.2. The van der Waals surface area contributed by atoms with E-state index in [2.05, 4.69) is 33.5 Å². The predicted molar refractivity (Wildman–Crippen MR) is 155 cm³/mol. The van der Waals surface area contributed by atoms with E-state index in [1.54, 1.807) is 13.2 Å². The lowest BCUT2D eigenvalue weighted by molar-refractivity contribution is 0.0134. The summed E-state index contributed by atoms with van der Waals surface area (Å²) in [5, 5.41) is 0.773. The Morgan fingerprint density at radius 1 is 1.10 bits per heavy atom. The zero-order valence-corrected chi connectivity index (χ0v) is 24.0. The quantitative estimate of drug-likeness (QED) is 0.283. The van der Waals surface area contributed by atoms with Gasteiger partial charge in [-0.2, -0.15) is 10.6 Å². The van der Waals surface area contributed by atoms with Gasteiger partial charge in [-0.25, -0.2) is 0 Å². The highest BCUT2D eigenvalue weighted by molar-refractivity contribution is 7.75. The van der Waals surface area contributed by atoms with E-state index in [1.165, 1.54) is 11.1 Å². The van der Waals surface area contributed by atoms with Crippen molar-refractivity contribution in [1.29, 1.82) is 0 Å². The summed E-state index contributed by atoms with van der Waals surface area (Å²) in [5.74, 6) is 1.84. The molecule has 5 unspecified atom stereocenters. The van der Waals surface area contributed by atoms with Gasteiger partial charge < -0.3 is 22.9 Å². The molecule has 1 amide bonds. The topological polar surface area (TPSA) is 68.2 Å². The minimum Gasteiger partial charge on any atom is -0.488 e. The lowest BCUT2D eigenvalue weighted by Crippen LogP contribution is -2.44. The number of halogens is 1. The van der Waals surface area contributed by atoms with E-state index in [1.807, 2.05) is 18.2 Å². The van der Waals surface area contributed by atoms with Crippen LogP contribution < -0.4 is 9.64 Å². The Kier molecular flexibility index (Phi) is 8.01. The Morgan fingerprint density at radius 3 is 2.82 bits per heavy atom. The van der Waals surface area contributed by atoms with Gasteiger partial charge in [0.15, 0.2) is 0 Å². The highest BCUT2D eigenvalue weighted by Gasteiger charge is 2.40. The van der Waals surface area contributed by atoms with Crippen LogP contribution in [0.25, 0.3) is 0 Å². The maximum atomic E-state index is 13.0. The summed E-state index contributed by atoms with van der Waals surface area (Å²) in [7, 11) is 0.244. The third-order valence-corrected chi connectivity index (χ3v) is 10.2. The number of benzene rings is 2. The third kappa shape index (κ3) is 5.63. The van der Waals surface area contributed by atoms with Crippen LogP contribution in [0.4, 0.5) is 5.69 Å². The first-order chi connectivity index (χ1) is 19.0. The number of hydrogen-bond acceptors (Lipinski definition) is 6. The minimum absolute atomic E-state index is 0.0378. The lowest BCUT2D eigenvalue weighted by Gasteiger charge is -2.43. The molecule has 6 nitrogen and oxygen atoms in total. The minimum atomic E-state index is -1.55. The van der Waals surface area contributed by atoms with E-state index in [0.29, 0.717) is 29.6 Å². The number of methoxy groups -OCH3 is 1. The molecule has 0 spiro atoms. The van der Waals surface area contributed by atoms with Crippen LogP contribution in [-0.2, 0) is 26.0 Å². The Balaban J connectivity index is 1.42. The summed E-state index contributed by atoms with van der Waals surface area (Å²) in [6.45, 7) is 1.66. The van der Waals surface area contributed by atoms with Crippen LogP contribution in [0.15, 0.2) is 52.9 Å². The monoisotopic (exact) mass is 567 g/mol. The fourth-order valence-corrected chi connectivity index (χ4v) is 7.74. The zero-order chi connectivity index (χ0) is 26.9. The zero-order valence-electron chi connectivity index (χ0n) is 22.4. The van der Waals surface area contributed by atoms with Crippen molar-refractivity contribution in [2.75, 3.05) is 30.9 Å². The van der Waals surface area contributed by atoms with E-state index in [4.69, 9.17) is 21.1 Å². The van der Waals surface area contributed by atoms with Gasteiger partial charge in [0, 0.05) is 36.7 Å². The van der Waals surface area contributed by atoms with Crippen LogP contribution in [0, 0.1) is 11.8 Å². The molecule has 2 heterocycles. The van der Waals surface area contributed by atoms with Crippen LogP contribution >= 0.6 is 11.6 Å². The standard InChI is InChI=1S/C31H36ClN2O4S/c1-37-28-7-3-2-4-15-39(36)33-31(35)21-10-14-30-27(17-21)34(18-22-9-12-25(22)28)19-26-24-13-11-23(32)16-20(24)6-5-8-29(26)38-30/h3,7,10-11,13-14,16-17,22,25-26,28-29H,2,4-6,8-9,12,15,18-19H2,1H3/q-1. The Bertz CT molecular complexity index is 1350. The number of nitrogens with zero attached hydrogens (tertiary/aromatic N) is 2. The molecule has 2 aliphatic carbocycles. The molecule has 6 rings (SSSR count). The Labute approximate surface area is 237 Å². The molecular weight excluding hydrogens is 532 g/mol. The van der Waals surface area contributed by atoms with Crippen molar-refractivity contribution in [3.8, 4) is 5.75 Å². The summed E-state index contributed by atoms with van der Waals surface area (Å²) >= 11 is 6.40. The fourth-order valence-electron chi connectivity index (χ4n) is 6.75. The molecule has 2 aliphatic heterocycles. The fraction of sp³-hybridized carbons (Fsp3) is 0.516. The summed E-state index contributed by atoms with van der Waals surface area (Å²) in [5.41, 5.74) is 4.00. The van der Waals surface area contributed by atoms with Gasteiger partial charge in [-0.05, 0) is 91.8 Å². The van der Waals surface area contributed by atoms with Crippen LogP contribution in [-0.4, -0.2) is 44.1 Å². The molecule has 2 aromatic carbocycles. The van der Waals surface area contributed by atoms with Gasteiger partial charge in [-0.15, -0.1) is 0 Å². The molecule has 2 aromatic rings. The van der Waals surface area contributed by atoms with Gasteiger partial charge in [-0.3, -0.25) is 4.79 Å². The average Bonchev–Trinajstić information content (AvgIpc) is 3.16. The van der Waals surface area contributed by atoms with Gasteiger partial charge >= 0.3 is 0 Å². The lowest BCUT2D eigenvalue weighted by atomic mass is 9.70. The number of aryl methyl sites for hydroxylation is 1. The molecule has 0 saturated heterocycles. The molecule has 4 aliphatic rings. The number of fused-ring (bicyclic) bond motifs is 5. The first-order valence-electron chi connectivity index (χ1n) is 14.2. The number of carbonyl (C=O) groups excluding carboxylic acids is 1. The normalized spacial score (nSPS) is 29.4. The number of amides is 1. The molecule has 208 valence electrons. The van der Waals surface area contributed by atoms with Gasteiger partial charge in [0.2, 0.25) is 0 Å². The van der Waals surface area contributed by atoms with E-state index >= 15 is 0 Å². The molecule has 0 aromatic heterocycles. The van der Waals surface area contributed by atoms with Gasteiger partial charge in [0.1, 0.15) is 11.9 Å². The van der Waals surface area contributed by atoms with Crippen molar-refractivity contribution in [2.24, 2.45) is 16.2 Å². The second-order valence-corrected chi connectivity index (χ2v) is 12.9. The van der Waals surface area contributed by atoms with Gasteiger partial charge in [0.05, 0.1) is 11.8 Å². The second kappa shape index (κ2) is 11.6. The third-order valence-electron chi connectivity index (χ3n) is 8.96. The maximum Gasteiger partial charge on any atom is 0.254 e. The van der Waals surface area contributed by atoms with E-state index < -0.39 is 16.5 Å². The molecular formula is C31H36ClN2O4S-. The SMILES string of the molecule is COC1C=CCCC[S-](=O)=NC(=O)c2ccc3c(c2)N(CC2CCC21)CC1c2ccc(Cl)cc2CCCC1O3. The molecule has 8 heteroatoms. The van der Waals surface area contributed by atoms with Crippen molar-refractivity contribution in [3.63, 3.8) is 0 Å². The highest BCUT2D eigenvalue weighted by atomic mass is 35.5. The molecule has 0 N–H and O–H groups in total. The van der Waals surface area contributed by atoms with Crippen molar-refractivity contribution >= 4 is 33.8 Å². The van der Waals surface area contributed by atoms with Crippen molar-refractivity contribution in [2.45, 2.75) is 63.1 Å². The number of carbonyl (C=O) groups is 1. The summed E-state index contributed by atoms with van der Waals surface area (Å²) in [4.78, 5) is 15.5. The summed E-state index contributed by atoms with van der Waals surface area (Å²) in [6, 6.07) is 11.9. The number of allylic oxidation sites excluding steroid dienone is 1. The van der Waals surface area contributed by atoms with Crippen molar-refractivity contribution in [1.82, 2.24) is 0 Å². The second-order valence-electron chi connectivity index (χ2n) is 11.3. The van der Waals surface area contributed by atoms with Crippen LogP contribution in [0.2, 0.25) is 5.02 Å². The van der Waals surface area contributed by atoms with E-state index in [9.17, 15) is 9.00 Å². The number of ether oxygens (including phenoxy) is 2. The number of rotatable bonds is 1. The van der Waals surface area contributed by atoms with Crippen molar-refractivity contribution < 1.29 is 18.5 Å².